The van der Waals surface area contributed by atoms with Crippen molar-refractivity contribution >= 4 is 13.2 Å². The van der Waals surface area contributed by atoms with Crippen LogP contribution >= 0.6 is 0 Å². The molecule has 1 unspecified atom stereocenters. The number of hydrogen-bond acceptors (Lipinski definition) is 5. The third-order valence-corrected chi connectivity index (χ3v) is 6.36. The first-order valence-corrected chi connectivity index (χ1v) is 10.1. The molecule has 3 heterocycles. The quantitative estimate of drug-likeness (QED) is 0.739. The molecule has 0 spiro atoms. The third kappa shape index (κ3) is 4.12. The fourth-order valence-electron chi connectivity index (χ4n) is 3.78. The normalized spacial score (nSPS) is 28.7. The van der Waals surface area contributed by atoms with E-state index in [-0.39, 0.29) is 0 Å². The Labute approximate surface area is 161 Å². The van der Waals surface area contributed by atoms with Gasteiger partial charge in [0.05, 0.1) is 23.4 Å². The summed E-state index contributed by atoms with van der Waals surface area (Å²) in [7, 11) is -0.996. The van der Waals surface area contributed by atoms with Crippen LogP contribution in [0.5, 0.6) is 0 Å². The first-order chi connectivity index (χ1) is 12.7. The Morgan fingerprint density at radius 2 is 1.96 bits per heavy atom. The van der Waals surface area contributed by atoms with E-state index < -0.39 is 24.0 Å². The molecule has 1 atom stereocenters. The average molecular weight is 376 g/mol. The Morgan fingerprint density at radius 3 is 2.63 bits per heavy atom. The summed E-state index contributed by atoms with van der Waals surface area (Å²) in [5, 5.41) is 8.39. The van der Waals surface area contributed by atoms with Gasteiger partial charge in [0.25, 0.3) is 0 Å². The summed E-state index contributed by atoms with van der Waals surface area (Å²) in [4.78, 5) is 2.54. The molecular formula is C19H30BFN4O2. The van der Waals surface area contributed by atoms with Gasteiger partial charge in [-0.2, -0.15) is 0 Å². The molecule has 0 N–H and O–H groups in total. The maximum Gasteiger partial charge on any atom is 0.525 e. The number of nitrogens with zero attached hydrogens (tertiary/aromatic N) is 4. The molecular weight excluding hydrogens is 346 g/mol. The first kappa shape index (κ1) is 19.1. The highest BCUT2D eigenvalue weighted by Crippen LogP contribution is 2.39. The van der Waals surface area contributed by atoms with Crippen molar-refractivity contribution in [3.63, 3.8) is 0 Å². The molecule has 6 nitrogen and oxygen atoms in total. The minimum Gasteiger partial charge on any atom is -0.398 e. The summed E-state index contributed by atoms with van der Waals surface area (Å²) in [6, 6.07) is 0.312. The molecule has 27 heavy (non-hydrogen) atoms. The van der Waals surface area contributed by atoms with Gasteiger partial charge in [0.2, 0.25) is 0 Å². The van der Waals surface area contributed by atoms with Crippen molar-refractivity contribution in [2.24, 2.45) is 5.92 Å². The van der Waals surface area contributed by atoms with Crippen molar-refractivity contribution in [1.82, 2.24) is 19.9 Å². The summed E-state index contributed by atoms with van der Waals surface area (Å²) >= 11 is 0. The second-order valence-corrected chi connectivity index (χ2v) is 9.24. The monoisotopic (exact) mass is 376 g/mol. The van der Waals surface area contributed by atoms with Crippen LogP contribution in [-0.4, -0.2) is 57.8 Å². The van der Waals surface area contributed by atoms with Crippen LogP contribution in [0, 0.1) is 5.92 Å². The van der Waals surface area contributed by atoms with Crippen molar-refractivity contribution < 1.29 is 13.7 Å². The zero-order valence-electron chi connectivity index (χ0n) is 16.8. The van der Waals surface area contributed by atoms with E-state index in [1.165, 1.54) is 38.4 Å². The van der Waals surface area contributed by atoms with Crippen LogP contribution in [0.2, 0.25) is 0 Å². The second kappa shape index (κ2) is 6.97. The van der Waals surface area contributed by atoms with Gasteiger partial charge in [-0.1, -0.05) is 5.21 Å². The molecule has 0 aromatic carbocycles. The maximum atomic E-state index is 14.7. The van der Waals surface area contributed by atoms with Gasteiger partial charge in [-0.05, 0) is 71.9 Å². The number of piperidine rings is 1. The van der Waals surface area contributed by atoms with Crippen LogP contribution in [-0.2, 0) is 9.31 Å². The van der Waals surface area contributed by atoms with Crippen LogP contribution in [0.15, 0.2) is 11.9 Å². The number of rotatable bonds is 5. The molecule has 3 aliphatic rings. The first-order valence-electron chi connectivity index (χ1n) is 10.1. The van der Waals surface area contributed by atoms with Crippen LogP contribution in [0.3, 0.4) is 0 Å². The lowest BCUT2D eigenvalue weighted by Gasteiger charge is -2.32. The molecule has 0 amide bonds. The van der Waals surface area contributed by atoms with E-state index in [9.17, 15) is 4.39 Å². The summed E-state index contributed by atoms with van der Waals surface area (Å²) in [6.07, 6.45) is 8.21. The number of likely N-dealkylation sites (tertiary alicyclic amines) is 1. The van der Waals surface area contributed by atoms with Crippen LogP contribution in [0.25, 0.3) is 6.08 Å². The van der Waals surface area contributed by atoms with Gasteiger partial charge >= 0.3 is 7.12 Å². The maximum absolute atomic E-state index is 14.7. The lowest BCUT2D eigenvalue weighted by molar-refractivity contribution is 0.00578. The van der Waals surface area contributed by atoms with Gasteiger partial charge in [-0.15, -0.1) is 5.10 Å². The summed E-state index contributed by atoms with van der Waals surface area (Å²) in [5.74, 6) is 0.895. The third-order valence-electron chi connectivity index (χ3n) is 6.36. The lowest BCUT2D eigenvalue weighted by atomic mass is 9.87. The van der Waals surface area contributed by atoms with Gasteiger partial charge in [0, 0.05) is 13.1 Å². The van der Waals surface area contributed by atoms with E-state index in [1.807, 2.05) is 38.6 Å². The molecule has 4 rings (SSSR count). The Kier molecular flexibility index (Phi) is 4.93. The molecule has 0 radical (unpaired) electrons. The van der Waals surface area contributed by atoms with Crippen LogP contribution in [0.4, 0.5) is 4.39 Å². The van der Waals surface area contributed by atoms with E-state index in [1.54, 1.807) is 0 Å². The predicted molar refractivity (Wildman–Crippen MR) is 103 cm³/mol. The zero-order valence-corrected chi connectivity index (χ0v) is 16.8. The molecule has 2 aliphatic heterocycles. The van der Waals surface area contributed by atoms with Crippen LogP contribution in [0.1, 0.15) is 65.1 Å². The molecule has 1 aliphatic carbocycles. The fourth-order valence-corrected chi connectivity index (χ4v) is 3.78. The highest BCUT2D eigenvalue weighted by atomic mass is 19.1. The average Bonchev–Trinajstić information content (AvgIpc) is 3.22. The van der Waals surface area contributed by atoms with Crippen LogP contribution < -0.4 is 0 Å². The van der Waals surface area contributed by atoms with E-state index in [4.69, 9.17) is 9.31 Å². The molecule has 1 aromatic heterocycles. The molecule has 8 heteroatoms. The van der Waals surface area contributed by atoms with Crippen molar-refractivity contribution in [3.8, 4) is 0 Å². The Balaban J connectivity index is 1.41. The van der Waals surface area contributed by atoms with Crippen molar-refractivity contribution in [1.29, 1.82) is 0 Å². The number of aromatic nitrogens is 3. The van der Waals surface area contributed by atoms with Crippen molar-refractivity contribution in [2.45, 2.75) is 70.6 Å². The summed E-state index contributed by atoms with van der Waals surface area (Å²) < 4.78 is 28.1. The summed E-state index contributed by atoms with van der Waals surface area (Å²) in [6.45, 7) is 11.0. The molecule has 3 fully saturated rings. The highest BCUT2D eigenvalue weighted by molar-refractivity contribution is 6.54. The SMILES string of the molecule is CC1(C)OB(C(F)=Cc2cn(C3CCCN(CC4CC4)C3)nn2)OC1(C)C. The predicted octanol–water partition coefficient (Wildman–Crippen LogP) is 3.27. The summed E-state index contributed by atoms with van der Waals surface area (Å²) in [5.41, 5.74) is -1.09. The second-order valence-electron chi connectivity index (χ2n) is 9.24. The Morgan fingerprint density at radius 1 is 1.26 bits per heavy atom. The largest absolute Gasteiger partial charge is 0.525 e. The number of hydrogen-bond donors (Lipinski definition) is 0. The van der Waals surface area contributed by atoms with E-state index in [0.29, 0.717) is 11.7 Å². The Hall–Kier alpha value is -1.25. The van der Waals surface area contributed by atoms with E-state index >= 15 is 0 Å². The smallest absolute Gasteiger partial charge is 0.398 e. The lowest BCUT2D eigenvalue weighted by Crippen LogP contribution is -2.41. The molecule has 1 saturated carbocycles. The van der Waals surface area contributed by atoms with Gasteiger partial charge in [-0.3, -0.25) is 0 Å². The van der Waals surface area contributed by atoms with Gasteiger partial charge in [0.15, 0.2) is 0 Å². The van der Waals surface area contributed by atoms with Gasteiger partial charge in [0.1, 0.15) is 11.4 Å². The molecule has 2 saturated heterocycles. The molecule has 1 aromatic rings. The Bertz CT molecular complexity index is 700. The highest BCUT2D eigenvalue weighted by Gasteiger charge is 2.53. The molecule has 148 valence electrons. The molecule has 0 bridgehead atoms. The van der Waals surface area contributed by atoms with Crippen molar-refractivity contribution in [3.05, 3.63) is 17.6 Å². The fraction of sp³-hybridized carbons (Fsp3) is 0.789. The zero-order chi connectivity index (χ0) is 19.2. The minimum atomic E-state index is -0.996. The van der Waals surface area contributed by atoms with Crippen molar-refractivity contribution in [2.75, 3.05) is 19.6 Å². The van der Waals surface area contributed by atoms with Gasteiger partial charge in [-0.25, -0.2) is 9.07 Å². The van der Waals surface area contributed by atoms with E-state index in [0.717, 1.165) is 18.9 Å². The standard InChI is InChI=1S/C19H30BFN4O2/c1-18(2)19(3,4)27-20(26-18)17(21)10-15-12-25(23-22-15)16-6-5-9-24(13-16)11-14-7-8-14/h10,12,14,16H,5-9,11,13H2,1-4H3. The van der Waals surface area contributed by atoms with Gasteiger partial charge < -0.3 is 14.2 Å². The minimum absolute atomic E-state index is 0.312. The number of halogens is 1. The van der Waals surface area contributed by atoms with E-state index in [2.05, 4.69) is 15.2 Å². The topological polar surface area (TPSA) is 52.4 Å².